The predicted octanol–water partition coefficient (Wildman–Crippen LogP) is 3.11. The number of rotatable bonds is 5. The number of hydrogen-bond donors (Lipinski definition) is 2. The number of benzene rings is 1. The molecule has 0 aliphatic carbocycles. The molecule has 0 atom stereocenters. The molecular weight excluding hydrogens is 262 g/mol. The maximum absolute atomic E-state index is 12.0. The lowest BCUT2D eigenvalue weighted by atomic mass is 10.1. The second kappa shape index (κ2) is 6.88. The van der Waals surface area contributed by atoms with Gasteiger partial charge in [-0.2, -0.15) is 0 Å². The van der Waals surface area contributed by atoms with E-state index in [4.69, 9.17) is 5.73 Å². The minimum Gasteiger partial charge on any atom is -0.399 e. The second-order valence-electron chi connectivity index (χ2n) is 5.50. The summed E-state index contributed by atoms with van der Waals surface area (Å²) in [5.74, 6) is 0.497. The molecule has 21 heavy (non-hydrogen) atoms. The van der Waals surface area contributed by atoms with E-state index in [2.05, 4.69) is 24.1 Å². The summed E-state index contributed by atoms with van der Waals surface area (Å²) in [5, 5.41) is 2.90. The van der Waals surface area contributed by atoms with Crippen molar-refractivity contribution in [1.82, 2.24) is 10.3 Å². The number of carbonyl (C=O) groups is 1. The molecule has 0 saturated carbocycles. The molecule has 2 aromatic rings. The summed E-state index contributed by atoms with van der Waals surface area (Å²) in [7, 11) is 0. The van der Waals surface area contributed by atoms with Crippen molar-refractivity contribution in [3.63, 3.8) is 0 Å². The monoisotopic (exact) mass is 283 g/mol. The Balaban J connectivity index is 2.03. The molecule has 0 aliphatic heterocycles. The van der Waals surface area contributed by atoms with Crippen molar-refractivity contribution in [2.45, 2.75) is 20.3 Å². The van der Waals surface area contributed by atoms with E-state index in [0.717, 1.165) is 17.7 Å². The van der Waals surface area contributed by atoms with E-state index in [9.17, 15) is 4.79 Å². The average Bonchev–Trinajstić information content (AvgIpc) is 2.47. The molecule has 1 aromatic carbocycles. The van der Waals surface area contributed by atoms with E-state index >= 15 is 0 Å². The fraction of sp³-hybridized carbons (Fsp3) is 0.294. The van der Waals surface area contributed by atoms with Crippen LogP contribution in [0.25, 0.3) is 11.3 Å². The van der Waals surface area contributed by atoms with E-state index in [0.29, 0.717) is 23.7 Å². The third-order valence-electron chi connectivity index (χ3n) is 3.22. The van der Waals surface area contributed by atoms with Gasteiger partial charge in [-0.15, -0.1) is 0 Å². The highest BCUT2D eigenvalue weighted by atomic mass is 16.1. The zero-order valence-corrected chi connectivity index (χ0v) is 12.5. The molecule has 2 rings (SSSR count). The average molecular weight is 283 g/mol. The summed E-state index contributed by atoms with van der Waals surface area (Å²) < 4.78 is 0. The lowest BCUT2D eigenvalue weighted by Gasteiger charge is -2.07. The predicted molar refractivity (Wildman–Crippen MR) is 85.9 cm³/mol. The van der Waals surface area contributed by atoms with Gasteiger partial charge < -0.3 is 11.1 Å². The Bertz CT molecular complexity index is 606. The molecule has 0 fully saturated rings. The van der Waals surface area contributed by atoms with E-state index in [-0.39, 0.29) is 5.91 Å². The molecule has 0 unspecified atom stereocenters. The standard InChI is InChI=1S/C17H21N3O/c1-12(2)8-9-19-17(21)14-6-7-16(20-11-14)13-4-3-5-15(18)10-13/h3-7,10-12H,8-9,18H2,1-2H3,(H,19,21). The maximum Gasteiger partial charge on any atom is 0.252 e. The minimum absolute atomic E-state index is 0.0812. The van der Waals surface area contributed by atoms with Crippen LogP contribution in [0.15, 0.2) is 42.6 Å². The number of anilines is 1. The molecule has 0 radical (unpaired) electrons. The number of carbonyl (C=O) groups excluding carboxylic acids is 1. The number of nitrogens with two attached hydrogens (primary N) is 1. The van der Waals surface area contributed by atoms with Gasteiger partial charge in [0.25, 0.3) is 5.91 Å². The zero-order chi connectivity index (χ0) is 15.2. The van der Waals surface area contributed by atoms with Crippen LogP contribution in [-0.2, 0) is 0 Å². The first-order valence-corrected chi connectivity index (χ1v) is 7.16. The number of aromatic nitrogens is 1. The van der Waals surface area contributed by atoms with E-state index in [1.165, 1.54) is 0 Å². The van der Waals surface area contributed by atoms with Crippen LogP contribution in [0.1, 0.15) is 30.6 Å². The van der Waals surface area contributed by atoms with Gasteiger partial charge in [0.15, 0.2) is 0 Å². The van der Waals surface area contributed by atoms with Crippen LogP contribution in [0.4, 0.5) is 5.69 Å². The Hall–Kier alpha value is -2.36. The molecule has 4 nitrogen and oxygen atoms in total. The fourth-order valence-electron chi connectivity index (χ4n) is 1.97. The van der Waals surface area contributed by atoms with Gasteiger partial charge in [0.05, 0.1) is 11.3 Å². The van der Waals surface area contributed by atoms with Gasteiger partial charge in [-0.25, -0.2) is 0 Å². The summed E-state index contributed by atoms with van der Waals surface area (Å²) in [6, 6.07) is 11.2. The first-order valence-electron chi connectivity index (χ1n) is 7.16. The van der Waals surface area contributed by atoms with Crippen molar-refractivity contribution in [2.75, 3.05) is 12.3 Å². The Kier molecular flexibility index (Phi) is 4.93. The van der Waals surface area contributed by atoms with Crippen molar-refractivity contribution in [2.24, 2.45) is 5.92 Å². The zero-order valence-electron chi connectivity index (χ0n) is 12.5. The third-order valence-corrected chi connectivity index (χ3v) is 3.22. The first kappa shape index (κ1) is 15.0. The molecule has 110 valence electrons. The number of pyridine rings is 1. The van der Waals surface area contributed by atoms with E-state index < -0.39 is 0 Å². The summed E-state index contributed by atoms with van der Waals surface area (Å²) in [5.41, 5.74) is 8.79. The third kappa shape index (κ3) is 4.31. The Labute approximate surface area is 125 Å². The van der Waals surface area contributed by atoms with Crippen molar-refractivity contribution in [3.05, 3.63) is 48.2 Å². The molecule has 3 N–H and O–H groups in total. The Morgan fingerprint density at radius 1 is 1.29 bits per heavy atom. The Morgan fingerprint density at radius 3 is 2.71 bits per heavy atom. The van der Waals surface area contributed by atoms with Crippen molar-refractivity contribution in [1.29, 1.82) is 0 Å². The van der Waals surface area contributed by atoms with Crippen LogP contribution in [0, 0.1) is 5.92 Å². The fourth-order valence-corrected chi connectivity index (χ4v) is 1.97. The largest absolute Gasteiger partial charge is 0.399 e. The molecular formula is C17H21N3O. The lowest BCUT2D eigenvalue weighted by molar-refractivity contribution is 0.0951. The van der Waals surface area contributed by atoms with Crippen molar-refractivity contribution in [3.8, 4) is 11.3 Å². The normalized spacial score (nSPS) is 10.6. The minimum atomic E-state index is -0.0812. The second-order valence-corrected chi connectivity index (χ2v) is 5.50. The topological polar surface area (TPSA) is 68.0 Å². The van der Waals surface area contributed by atoms with Gasteiger partial charge in [0, 0.05) is 24.0 Å². The highest BCUT2D eigenvalue weighted by Gasteiger charge is 2.07. The molecule has 1 heterocycles. The van der Waals surface area contributed by atoms with Gasteiger partial charge in [0.2, 0.25) is 0 Å². The van der Waals surface area contributed by atoms with Crippen LogP contribution in [0.3, 0.4) is 0 Å². The number of nitrogens with one attached hydrogen (secondary N) is 1. The van der Waals surface area contributed by atoms with Crippen LogP contribution >= 0.6 is 0 Å². The smallest absolute Gasteiger partial charge is 0.252 e. The van der Waals surface area contributed by atoms with Crippen molar-refractivity contribution < 1.29 is 4.79 Å². The summed E-state index contributed by atoms with van der Waals surface area (Å²) in [6.07, 6.45) is 2.57. The Morgan fingerprint density at radius 2 is 2.10 bits per heavy atom. The molecule has 4 heteroatoms. The van der Waals surface area contributed by atoms with Crippen LogP contribution in [0.5, 0.6) is 0 Å². The number of amides is 1. The highest BCUT2D eigenvalue weighted by molar-refractivity contribution is 5.94. The summed E-state index contributed by atoms with van der Waals surface area (Å²) in [4.78, 5) is 16.3. The van der Waals surface area contributed by atoms with Gasteiger partial charge in [-0.3, -0.25) is 9.78 Å². The van der Waals surface area contributed by atoms with Gasteiger partial charge in [-0.1, -0.05) is 26.0 Å². The number of nitrogen functional groups attached to an aromatic ring is 1. The lowest BCUT2D eigenvalue weighted by Crippen LogP contribution is -2.25. The molecule has 1 amide bonds. The summed E-state index contributed by atoms with van der Waals surface area (Å²) in [6.45, 7) is 4.95. The quantitative estimate of drug-likeness (QED) is 0.828. The summed E-state index contributed by atoms with van der Waals surface area (Å²) >= 11 is 0. The highest BCUT2D eigenvalue weighted by Crippen LogP contribution is 2.19. The van der Waals surface area contributed by atoms with Crippen molar-refractivity contribution >= 4 is 11.6 Å². The first-order chi connectivity index (χ1) is 10.1. The molecule has 1 aromatic heterocycles. The maximum atomic E-state index is 12.0. The van der Waals surface area contributed by atoms with E-state index in [1.807, 2.05) is 30.3 Å². The van der Waals surface area contributed by atoms with Gasteiger partial charge in [-0.05, 0) is 36.6 Å². The molecule has 0 saturated heterocycles. The van der Waals surface area contributed by atoms with Crippen LogP contribution in [0.2, 0.25) is 0 Å². The van der Waals surface area contributed by atoms with Gasteiger partial charge in [0.1, 0.15) is 0 Å². The van der Waals surface area contributed by atoms with Crippen LogP contribution < -0.4 is 11.1 Å². The molecule has 0 bridgehead atoms. The number of nitrogens with zero attached hydrogens (tertiary/aromatic N) is 1. The molecule has 0 spiro atoms. The van der Waals surface area contributed by atoms with Gasteiger partial charge >= 0.3 is 0 Å². The molecule has 0 aliphatic rings. The van der Waals surface area contributed by atoms with Crippen LogP contribution in [-0.4, -0.2) is 17.4 Å². The van der Waals surface area contributed by atoms with E-state index in [1.54, 1.807) is 12.3 Å². The SMILES string of the molecule is CC(C)CCNC(=O)c1ccc(-c2cccc(N)c2)nc1. The number of hydrogen-bond acceptors (Lipinski definition) is 3.